The summed E-state index contributed by atoms with van der Waals surface area (Å²) in [4.78, 5) is 22.1. The lowest BCUT2D eigenvalue weighted by atomic mass is 10.2. The molecule has 1 aromatic heterocycles. The van der Waals surface area contributed by atoms with Crippen molar-refractivity contribution in [1.29, 1.82) is 0 Å². The van der Waals surface area contributed by atoms with Crippen LogP contribution < -0.4 is 5.32 Å². The first-order valence-corrected chi connectivity index (χ1v) is 5.03. The Hall–Kier alpha value is -1.89. The first-order valence-electron chi connectivity index (χ1n) is 5.03. The van der Waals surface area contributed by atoms with Crippen molar-refractivity contribution in [3.8, 4) is 0 Å². The molecule has 0 aliphatic rings. The summed E-state index contributed by atoms with van der Waals surface area (Å²) in [5.41, 5.74) is 1.65. The fraction of sp³-hybridized carbons (Fsp3) is 0.500. The maximum absolute atomic E-state index is 11.8. The molecule has 0 spiro atoms. The van der Waals surface area contributed by atoms with Gasteiger partial charge in [-0.3, -0.25) is 9.48 Å². The van der Waals surface area contributed by atoms with Gasteiger partial charge < -0.3 is 15.5 Å². The number of hydrogen-bond donors (Lipinski definition) is 3. The first-order chi connectivity index (χ1) is 7.84. The van der Waals surface area contributed by atoms with E-state index < -0.39 is 18.0 Å². The Labute approximate surface area is 98.1 Å². The van der Waals surface area contributed by atoms with E-state index in [9.17, 15) is 9.59 Å². The number of aliphatic hydroxyl groups excluding tert-OH is 1. The molecule has 1 atom stereocenters. The molecule has 0 aliphatic heterocycles. The smallest absolute Gasteiger partial charge is 0.334 e. The lowest BCUT2D eigenvalue weighted by molar-refractivity contribution is -0.146. The molecule has 0 aromatic carbocycles. The molecule has 94 valence electrons. The summed E-state index contributed by atoms with van der Waals surface area (Å²) in [7, 11) is 1.71. The zero-order chi connectivity index (χ0) is 13.2. The monoisotopic (exact) mass is 241 g/mol. The van der Waals surface area contributed by atoms with Crippen molar-refractivity contribution in [2.75, 3.05) is 6.54 Å². The number of aromatic nitrogens is 2. The molecule has 1 aromatic rings. The second-order valence-electron chi connectivity index (χ2n) is 3.73. The number of carboxylic acids is 1. The molecule has 0 fully saturated rings. The molecule has 1 heterocycles. The van der Waals surface area contributed by atoms with Gasteiger partial charge >= 0.3 is 5.97 Å². The van der Waals surface area contributed by atoms with Gasteiger partial charge in [0.25, 0.3) is 5.91 Å². The number of hydrogen-bond acceptors (Lipinski definition) is 4. The third-order valence-corrected chi connectivity index (χ3v) is 2.48. The van der Waals surface area contributed by atoms with E-state index in [4.69, 9.17) is 10.2 Å². The fourth-order valence-electron chi connectivity index (χ4n) is 1.47. The maximum Gasteiger partial charge on any atom is 0.334 e. The van der Waals surface area contributed by atoms with E-state index in [1.165, 1.54) is 0 Å². The highest BCUT2D eigenvalue weighted by Crippen LogP contribution is 2.11. The van der Waals surface area contributed by atoms with E-state index in [2.05, 4.69) is 10.4 Å². The third-order valence-electron chi connectivity index (χ3n) is 2.48. The van der Waals surface area contributed by atoms with Crippen molar-refractivity contribution < 1.29 is 19.8 Å². The number of nitrogens with one attached hydrogen (secondary N) is 1. The van der Waals surface area contributed by atoms with Crippen LogP contribution in [0.1, 0.15) is 21.7 Å². The van der Waals surface area contributed by atoms with Gasteiger partial charge in [-0.1, -0.05) is 0 Å². The van der Waals surface area contributed by atoms with Gasteiger partial charge in [0, 0.05) is 12.7 Å². The van der Waals surface area contributed by atoms with E-state index in [1.54, 1.807) is 25.6 Å². The predicted octanol–water partition coefficient (Wildman–Crippen LogP) is -0.788. The lowest BCUT2D eigenvalue weighted by Gasteiger charge is -2.07. The summed E-state index contributed by atoms with van der Waals surface area (Å²) < 4.78 is 1.57. The zero-order valence-electron chi connectivity index (χ0n) is 9.89. The van der Waals surface area contributed by atoms with Crippen LogP contribution in [-0.2, 0) is 11.8 Å². The zero-order valence-corrected chi connectivity index (χ0v) is 9.89. The van der Waals surface area contributed by atoms with Crippen molar-refractivity contribution in [1.82, 2.24) is 15.1 Å². The summed E-state index contributed by atoms with van der Waals surface area (Å²) in [5.74, 6) is -1.81. The molecule has 7 nitrogen and oxygen atoms in total. The Kier molecular flexibility index (Phi) is 3.84. The van der Waals surface area contributed by atoms with Gasteiger partial charge in [0.1, 0.15) is 0 Å². The van der Waals surface area contributed by atoms with Gasteiger partial charge in [-0.15, -0.1) is 0 Å². The van der Waals surface area contributed by atoms with Crippen molar-refractivity contribution in [2.45, 2.75) is 20.0 Å². The third kappa shape index (κ3) is 2.82. The molecular weight excluding hydrogens is 226 g/mol. The minimum atomic E-state index is -1.60. The van der Waals surface area contributed by atoms with Crippen molar-refractivity contribution in [3.05, 3.63) is 17.0 Å². The molecule has 0 saturated heterocycles. The molecular formula is C10H15N3O4. The molecule has 0 saturated carbocycles. The molecule has 17 heavy (non-hydrogen) atoms. The maximum atomic E-state index is 11.8. The summed E-state index contributed by atoms with van der Waals surface area (Å²) in [5, 5.41) is 23.9. The van der Waals surface area contributed by atoms with Gasteiger partial charge in [-0.2, -0.15) is 5.10 Å². The highest BCUT2D eigenvalue weighted by molar-refractivity contribution is 5.96. The van der Waals surface area contributed by atoms with Crippen molar-refractivity contribution >= 4 is 11.9 Å². The summed E-state index contributed by atoms with van der Waals surface area (Å²) in [6.45, 7) is 3.10. The standard InChI is InChI=1S/C10H15N3O4/c1-5-8(6(2)13(3)12-5)9(15)11-4-7(14)10(16)17/h7,14H,4H2,1-3H3,(H,11,15)(H,16,17). The largest absolute Gasteiger partial charge is 0.479 e. The quantitative estimate of drug-likeness (QED) is 0.641. The molecule has 7 heteroatoms. The van der Waals surface area contributed by atoms with Crippen LogP contribution in [0, 0.1) is 13.8 Å². The van der Waals surface area contributed by atoms with Gasteiger partial charge in [0.2, 0.25) is 0 Å². The molecule has 3 N–H and O–H groups in total. The Bertz CT molecular complexity index is 453. The minimum absolute atomic E-state index is 0.331. The van der Waals surface area contributed by atoms with Gasteiger partial charge in [0.05, 0.1) is 17.8 Å². The van der Waals surface area contributed by atoms with E-state index in [0.717, 1.165) is 0 Å². The second kappa shape index (κ2) is 4.96. The van der Waals surface area contributed by atoms with E-state index >= 15 is 0 Å². The minimum Gasteiger partial charge on any atom is -0.479 e. The summed E-state index contributed by atoms with van der Waals surface area (Å²) in [6, 6.07) is 0. The van der Waals surface area contributed by atoms with Crippen LogP contribution in [0.5, 0.6) is 0 Å². The molecule has 1 rings (SSSR count). The Morgan fingerprint density at radius 3 is 2.47 bits per heavy atom. The Morgan fingerprint density at radius 1 is 1.47 bits per heavy atom. The molecule has 0 radical (unpaired) electrons. The van der Waals surface area contributed by atoms with E-state index in [1.807, 2.05) is 0 Å². The first kappa shape index (κ1) is 13.2. The Balaban J connectivity index is 2.74. The average molecular weight is 241 g/mol. The van der Waals surface area contributed by atoms with Crippen molar-refractivity contribution in [2.24, 2.45) is 7.05 Å². The number of aryl methyl sites for hydroxylation is 2. The number of carbonyl (C=O) groups is 2. The number of carbonyl (C=O) groups excluding carboxylic acids is 1. The molecule has 1 unspecified atom stereocenters. The van der Waals surface area contributed by atoms with Crippen LogP contribution in [0.15, 0.2) is 0 Å². The highest BCUT2D eigenvalue weighted by Gasteiger charge is 2.19. The van der Waals surface area contributed by atoms with Crippen LogP contribution in [0.4, 0.5) is 0 Å². The molecule has 1 amide bonds. The summed E-state index contributed by atoms with van der Waals surface area (Å²) >= 11 is 0. The van der Waals surface area contributed by atoms with Crippen LogP contribution in [0.25, 0.3) is 0 Å². The lowest BCUT2D eigenvalue weighted by Crippen LogP contribution is -2.36. The number of carboxylic acid groups (broad SMARTS) is 1. The summed E-state index contributed by atoms with van der Waals surface area (Å²) in [6.07, 6.45) is -1.60. The highest BCUT2D eigenvalue weighted by atomic mass is 16.4. The predicted molar refractivity (Wildman–Crippen MR) is 58.7 cm³/mol. The number of amides is 1. The number of nitrogens with zero attached hydrogens (tertiary/aromatic N) is 2. The van der Waals surface area contributed by atoms with Crippen LogP contribution in [0.2, 0.25) is 0 Å². The van der Waals surface area contributed by atoms with Gasteiger partial charge in [-0.05, 0) is 13.8 Å². The number of aliphatic hydroxyl groups is 1. The van der Waals surface area contributed by atoms with Gasteiger partial charge in [-0.25, -0.2) is 4.79 Å². The number of aliphatic carboxylic acids is 1. The normalized spacial score (nSPS) is 12.2. The van der Waals surface area contributed by atoms with E-state index in [-0.39, 0.29) is 6.54 Å². The van der Waals surface area contributed by atoms with Crippen LogP contribution >= 0.6 is 0 Å². The number of rotatable bonds is 4. The van der Waals surface area contributed by atoms with Crippen molar-refractivity contribution in [3.63, 3.8) is 0 Å². The van der Waals surface area contributed by atoms with E-state index in [0.29, 0.717) is 17.0 Å². The van der Waals surface area contributed by atoms with Crippen LogP contribution in [-0.4, -0.2) is 44.5 Å². The fourth-order valence-corrected chi connectivity index (χ4v) is 1.47. The Morgan fingerprint density at radius 2 is 2.06 bits per heavy atom. The van der Waals surface area contributed by atoms with Gasteiger partial charge in [0.15, 0.2) is 6.10 Å². The average Bonchev–Trinajstić information content (AvgIpc) is 2.49. The topological polar surface area (TPSA) is 104 Å². The molecule has 0 aliphatic carbocycles. The SMILES string of the molecule is Cc1nn(C)c(C)c1C(=O)NCC(O)C(=O)O. The molecule has 0 bridgehead atoms. The van der Waals surface area contributed by atoms with Crippen LogP contribution in [0.3, 0.4) is 0 Å². The second-order valence-corrected chi connectivity index (χ2v) is 3.73.